The molecule has 5 nitrogen and oxygen atoms in total. The molecule has 0 spiro atoms. The van der Waals surface area contributed by atoms with Crippen molar-refractivity contribution < 1.29 is 32.7 Å². The number of hydrogen-bond donors (Lipinski definition) is 2. The van der Waals surface area contributed by atoms with Crippen LogP contribution >= 0.6 is 0 Å². The molecular weight excluding hydrogens is 421 g/mol. The van der Waals surface area contributed by atoms with Gasteiger partial charge in [-0.05, 0) is 42.3 Å². The average molecular weight is 454 g/mol. The summed E-state index contributed by atoms with van der Waals surface area (Å²) < 4.78 is 50.0. The molecule has 1 fully saturated rings. The number of nitrogens with one attached hydrogen (secondary N) is 1. The first-order valence-corrected chi connectivity index (χ1v) is 11.1. The van der Waals surface area contributed by atoms with Crippen molar-refractivity contribution in [2.75, 3.05) is 57.4 Å². The number of rotatable bonds is 10. The van der Waals surface area contributed by atoms with Gasteiger partial charge in [0.25, 0.3) is 0 Å². The van der Waals surface area contributed by atoms with Gasteiger partial charge in [-0.3, -0.25) is 0 Å². The van der Waals surface area contributed by atoms with E-state index in [0.29, 0.717) is 38.5 Å². The van der Waals surface area contributed by atoms with Crippen molar-refractivity contribution in [2.24, 2.45) is 0 Å². The molecule has 2 aromatic rings. The predicted octanol–water partition coefficient (Wildman–Crippen LogP) is 2.43. The van der Waals surface area contributed by atoms with Crippen molar-refractivity contribution in [2.45, 2.75) is 25.6 Å². The number of benzene rings is 2. The summed E-state index contributed by atoms with van der Waals surface area (Å²) in [5, 5.41) is 10.3. The third-order valence-electron chi connectivity index (χ3n) is 5.67. The van der Waals surface area contributed by atoms with Crippen molar-refractivity contribution in [3.8, 4) is 5.75 Å². The largest absolute Gasteiger partial charge is 0.491 e. The lowest BCUT2D eigenvalue weighted by molar-refractivity contribution is -0.903. The van der Waals surface area contributed by atoms with E-state index in [1.54, 1.807) is 6.07 Å². The zero-order valence-electron chi connectivity index (χ0n) is 18.4. The lowest BCUT2D eigenvalue weighted by Crippen LogP contribution is -3.16. The maximum atomic E-state index is 12.9. The number of piperazine rings is 1. The highest BCUT2D eigenvalue weighted by atomic mass is 19.4. The summed E-state index contributed by atoms with van der Waals surface area (Å²) in [6.07, 6.45) is -3.93. The fourth-order valence-corrected chi connectivity index (χ4v) is 3.82. The van der Waals surface area contributed by atoms with E-state index in [1.165, 1.54) is 22.6 Å². The van der Waals surface area contributed by atoms with Crippen LogP contribution in [0.4, 0.5) is 18.9 Å². The Morgan fingerprint density at radius 3 is 2.44 bits per heavy atom. The minimum atomic E-state index is -4.34. The fourth-order valence-electron chi connectivity index (χ4n) is 3.82. The number of hydrogen-bond acceptors (Lipinski definition) is 4. The molecule has 32 heavy (non-hydrogen) atoms. The van der Waals surface area contributed by atoms with Gasteiger partial charge in [0.15, 0.2) is 0 Å². The van der Waals surface area contributed by atoms with E-state index < -0.39 is 17.8 Å². The van der Waals surface area contributed by atoms with Crippen LogP contribution in [0.25, 0.3) is 0 Å². The van der Waals surface area contributed by atoms with Gasteiger partial charge in [0.05, 0.1) is 45.0 Å². The number of quaternary nitrogens is 1. The second-order valence-electron chi connectivity index (χ2n) is 8.06. The maximum Gasteiger partial charge on any atom is 0.416 e. The summed E-state index contributed by atoms with van der Waals surface area (Å²) in [5.41, 5.74) is 1.22. The predicted molar refractivity (Wildman–Crippen MR) is 117 cm³/mol. The SMILES string of the molecule is CCc1ccc(OCCOC[C@H](O)C[NH+]2CCN(c3cccc(C(F)(F)F)c3)CC2)cc1. The zero-order chi connectivity index (χ0) is 23.0. The molecule has 1 heterocycles. The van der Waals surface area contributed by atoms with Crippen LogP contribution in [0.2, 0.25) is 0 Å². The van der Waals surface area contributed by atoms with Crippen molar-refractivity contribution >= 4 is 5.69 Å². The topological polar surface area (TPSA) is 46.4 Å². The molecule has 3 rings (SSSR count). The van der Waals surface area contributed by atoms with Crippen molar-refractivity contribution in [1.82, 2.24) is 0 Å². The molecule has 1 saturated heterocycles. The number of halogens is 3. The molecule has 176 valence electrons. The maximum absolute atomic E-state index is 12.9. The van der Waals surface area contributed by atoms with Gasteiger partial charge in [0.2, 0.25) is 0 Å². The van der Waals surface area contributed by atoms with Crippen molar-refractivity contribution in [1.29, 1.82) is 0 Å². The number of aliphatic hydroxyl groups excluding tert-OH is 1. The standard InChI is InChI=1S/C24H31F3N2O3/c1-2-19-6-8-23(9-7-19)32-15-14-31-18-22(30)17-28-10-12-29(13-11-28)21-5-3-4-20(16-21)24(25,26)27/h3-9,16,22,30H,2,10-15,17-18H2,1H3/p+1/t22-/m1/s1. The first-order valence-electron chi connectivity index (χ1n) is 11.1. The van der Waals surface area contributed by atoms with Gasteiger partial charge in [0.1, 0.15) is 25.0 Å². The molecule has 0 amide bonds. The lowest BCUT2D eigenvalue weighted by Gasteiger charge is -2.34. The highest BCUT2D eigenvalue weighted by Gasteiger charge is 2.31. The van der Waals surface area contributed by atoms with Gasteiger partial charge in [-0.2, -0.15) is 13.2 Å². The van der Waals surface area contributed by atoms with Gasteiger partial charge < -0.3 is 24.4 Å². The van der Waals surface area contributed by atoms with Crippen molar-refractivity contribution in [3.05, 3.63) is 59.7 Å². The molecule has 1 atom stereocenters. The Labute approximate surface area is 187 Å². The Hall–Kier alpha value is -2.29. The van der Waals surface area contributed by atoms with E-state index in [4.69, 9.17) is 9.47 Å². The number of anilines is 1. The third-order valence-corrected chi connectivity index (χ3v) is 5.67. The normalized spacial score (nSPS) is 16.2. The molecule has 0 saturated carbocycles. The Kier molecular flexibility index (Phi) is 8.78. The first kappa shape index (κ1) is 24.4. The molecule has 0 aliphatic carbocycles. The molecule has 0 radical (unpaired) electrons. The van der Waals surface area contributed by atoms with E-state index >= 15 is 0 Å². The number of alkyl halides is 3. The fraction of sp³-hybridized carbons (Fsp3) is 0.500. The first-order chi connectivity index (χ1) is 15.3. The Morgan fingerprint density at radius 1 is 1.06 bits per heavy atom. The van der Waals surface area contributed by atoms with E-state index in [-0.39, 0.29) is 6.61 Å². The molecule has 1 aliphatic heterocycles. The van der Waals surface area contributed by atoms with E-state index in [9.17, 15) is 18.3 Å². The summed E-state index contributed by atoms with van der Waals surface area (Å²) in [6, 6.07) is 13.4. The molecule has 2 aromatic carbocycles. The second kappa shape index (κ2) is 11.5. The highest BCUT2D eigenvalue weighted by molar-refractivity contribution is 5.49. The van der Waals surface area contributed by atoms with Crippen LogP contribution < -0.4 is 14.5 Å². The van der Waals surface area contributed by atoms with Crippen LogP contribution in [0.3, 0.4) is 0 Å². The summed E-state index contributed by atoms with van der Waals surface area (Å²) in [6.45, 7) is 6.51. The monoisotopic (exact) mass is 453 g/mol. The van der Waals surface area contributed by atoms with Gasteiger partial charge >= 0.3 is 6.18 Å². The van der Waals surface area contributed by atoms with Gasteiger partial charge in [-0.15, -0.1) is 0 Å². The molecule has 0 unspecified atom stereocenters. The minimum absolute atomic E-state index is 0.235. The number of nitrogens with zero attached hydrogens (tertiary/aromatic N) is 1. The van der Waals surface area contributed by atoms with Crippen LogP contribution in [0.15, 0.2) is 48.5 Å². The molecule has 0 aromatic heterocycles. The molecule has 1 aliphatic rings. The Balaban J connectivity index is 1.32. The van der Waals surface area contributed by atoms with Crippen LogP contribution in [0.1, 0.15) is 18.1 Å². The van der Waals surface area contributed by atoms with E-state index in [2.05, 4.69) is 6.92 Å². The van der Waals surface area contributed by atoms with Crippen LogP contribution in [0.5, 0.6) is 5.75 Å². The average Bonchev–Trinajstić information content (AvgIpc) is 2.79. The smallest absolute Gasteiger partial charge is 0.416 e. The lowest BCUT2D eigenvalue weighted by atomic mass is 10.1. The Morgan fingerprint density at radius 2 is 1.78 bits per heavy atom. The van der Waals surface area contributed by atoms with Crippen LogP contribution in [-0.4, -0.2) is 63.8 Å². The highest BCUT2D eigenvalue weighted by Crippen LogP contribution is 2.31. The van der Waals surface area contributed by atoms with E-state index in [0.717, 1.165) is 31.3 Å². The summed E-state index contributed by atoms with van der Waals surface area (Å²) >= 11 is 0. The second-order valence-corrected chi connectivity index (χ2v) is 8.06. The van der Waals surface area contributed by atoms with Crippen LogP contribution in [-0.2, 0) is 17.3 Å². The zero-order valence-corrected chi connectivity index (χ0v) is 18.4. The minimum Gasteiger partial charge on any atom is -0.491 e. The van der Waals surface area contributed by atoms with Crippen molar-refractivity contribution in [3.63, 3.8) is 0 Å². The summed E-state index contributed by atoms with van der Waals surface area (Å²) in [4.78, 5) is 3.18. The summed E-state index contributed by atoms with van der Waals surface area (Å²) in [7, 11) is 0. The summed E-state index contributed by atoms with van der Waals surface area (Å²) in [5.74, 6) is 0.800. The van der Waals surface area contributed by atoms with Gasteiger partial charge in [-0.25, -0.2) is 0 Å². The molecule has 0 bridgehead atoms. The van der Waals surface area contributed by atoms with Crippen LogP contribution in [0, 0.1) is 0 Å². The van der Waals surface area contributed by atoms with E-state index in [1.807, 2.05) is 29.2 Å². The third kappa shape index (κ3) is 7.39. The Bertz CT molecular complexity index is 822. The molecule has 8 heteroatoms. The number of ether oxygens (including phenoxy) is 2. The number of aliphatic hydroxyl groups is 1. The van der Waals surface area contributed by atoms with Gasteiger partial charge in [0, 0.05) is 5.69 Å². The quantitative estimate of drug-likeness (QED) is 0.543. The number of aryl methyl sites for hydroxylation is 1. The molecular formula is C24H32F3N2O3+. The van der Waals surface area contributed by atoms with Gasteiger partial charge in [-0.1, -0.05) is 25.1 Å². The molecule has 2 N–H and O–H groups in total.